The SMILES string of the molecule is O=C(c1ccccc1F)[C@@H](c1ccccc1F)[C@H](O)CO. The first kappa shape index (κ1) is 15.3. The minimum atomic E-state index is -1.52. The summed E-state index contributed by atoms with van der Waals surface area (Å²) in [6.07, 6.45) is -1.52. The first-order chi connectivity index (χ1) is 10.1. The van der Waals surface area contributed by atoms with Gasteiger partial charge in [0.2, 0.25) is 0 Å². The molecule has 0 bridgehead atoms. The first-order valence-corrected chi connectivity index (χ1v) is 6.38. The van der Waals surface area contributed by atoms with E-state index in [1.165, 1.54) is 36.4 Å². The molecule has 0 radical (unpaired) electrons. The Morgan fingerprint density at radius 3 is 2.14 bits per heavy atom. The molecule has 0 spiro atoms. The van der Waals surface area contributed by atoms with E-state index in [-0.39, 0.29) is 11.1 Å². The fourth-order valence-electron chi connectivity index (χ4n) is 2.18. The van der Waals surface area contributed by atoms with E-state index in [1.807, 2.05) is 0 Å². The van der Waals surface area contributed by atoms with Gasteiger partial charge in [0.15, 0.2) is 5.78 Å². The molecule has 110 valence electrons. The fourth-order valence-corrected chi connectivity index (χ4v) is 2.18. The van der Waals surface area contributed by atoms with Crippen LogP contribution in [0.4, 0.5) is 8.78 Å². The molecule has 0 aliphatic heterocycles. The number of aliphatic hydroxyl groups excluding tert-OH is 2. The highest BCUT2D eigenvalue weighted by atomic mass is 19.1. The van der Waals surface area contributed by atoms with Crippen molar-refractivity contribution in [3.8, 4) is 0 Å². The molecule has 0 saturated carbocycles. The summed E-state index contributed by atoms with van der Waals surface area (Å²) < 4.78 is 27.6. The van der Waals surface area contributed by atoms with Crippen LogP contribution in [0, 0.1) is 11.6 Å². The van der Waals surface area contributed by atoms with Crippen LogP contribution >= 0.6 is 0 Å². The second-order valence-electron chi connectivity index (χ2n) is 4.59. The molecule has 2 N–H and O–H groups in total. The lowest BCUT2D eigenvalue weighted by molar-refractivity contribution is 0.0580. The molecule has 0 unspecified atom stereocenters. The maximum atomic E-state index is 13.9. The molecule has 2 aromatic rings. The molecule has 5 heteroatoms. The topological polar surface area (TPSA) is 57.5 Å². The monoisotopic (exact) mass is 292 g/mol. The summed E-state index contributed by atoms with van der Waals surface area (Å²) in [4.78, 5) is 12.4. The van der Waals surface area contributed by atoms with E-state index in [2.05, 4.69) is 0 Å². The van der Waals surface area contributed by atoms with Crippen molar-refractivity contribution in [3.05, 3.63) is 71.3 Å². The van der Waals surface area contributed by atoms with Crippen molar-refractivity contribution < 1.29 is 23.8 Å². The maximum absolute atomic E-state index is 13.9. The van der Waals surface area contributed by atoms with Crippen LogP contribution in [0.2, 0.25) is 0 Å². The molecule has 0 amide bonds. The van der Waals surface area contributed by atoms with E-state index < -0.39 is 36.0 Å². The van der Waals surface area contributed by atoms with Gasteiger partial charge in [0, 0.05) is 5.56 Å². The van der Waals surface area contributed by atoms with Crippen molar-refractivity contribution in [2.45, 2.75) is 12.0 Å². The molecule has 21 heavy (non-hydrogen) atoms. The molecule has 3 nitrogen and oxygen atoms in total. The van der Waals surface area contributed by atoms with Crippen LogP contribution in [0.3, 0.4) is 0 Å². The number of aliphatic hydroxyl groups is 2. The minimum Gasteiger partial charge on any atom is -0.394 e. The standard InChI is InChI=1S/C16H14F2O3/c17-12-7-3-1-5-10(12)15(14(20)9-19)16(21)11-6-2-4-8-13(11)18/h1-8,14-15,19-20H,9H2/t14-,15+/m1/s1. The Labute approximate surface area is 120 Å². The van der Waals surface area contributed by atoms with E-state index in [0.29, 0.717) is 0 Å². The van der Waals surface area contributed by atoms with Gasteiger partial charge in [-0.05, 0) is 18.2 Å². The highest BCUT2D eigenvalue weighted by molar-refractivity contribution is 6.01. The number of rotatable bonds is 5. The summed E-state index contributed by atoms with van der Waals surface area (Å²) in [7, 11) is 0. The average molecular weight is 292 g/mol. The van der Waals surface area contributed by atoms with Crippen molar-refractivity contribution >= 4 is 5.78 Å². The van der Waals surface area contributed by atoms with Gasteiger partial charge in [0.1, 0.15) is 11.6 Å². The molecule has 2 rings (SSSR count). The third-order valence-electron chi connectivity index (χ3n) is 3.23. The average Bonchev–Trinajstić information content (AvgIpc) is 2.49. The summed E-state index contributed by atoms with van der Waals surface area (Å²) in [6.45, 7) is -0.737. The van der Waals surface area contributed by atoms with Crippen molar-refractivity contribution in [1.29, 1.82) is 0 Å². The van der Waals surface area contributed by atoms with Gasteiger partial charge in [0.05, 0.1) is 24.2 Å². The van der Waals surface area contributed by atoms with Crippen molar-refractivity contribution in [3.63, 3.8) is 0 Å². The molecule has 0 aliphatic carbocycles. The summed E-state index contributed by atoms with van der Waals surface area (Å²) in [5.41, 5.74) is -0.328. The lowest BCUT2D eigenvalue weighted by Crippen LogP contribution is -2.30. The van der Waals surface area contributed by atoms with Gasteiger partial charge in [-0.15, -0.1) is 0 Å². The Kier molecular flexibility index (Phi) is 4.77. The van der Waals surface area contributed by atoms with E-state index in [1.54, 1.807) is 0 Å². The van der Waals surface area contributed by atoms with Crippen molar-refractivity contribution in [2.24, 2.45) is 0 Å². The molecule has 0 aliphatic rings. The van der Waals surface area contributed by atoms with Crippen LogP contribution in [0.1, 0.15) is 21.8 Å². The Balaban J connectivity index is 2.49. The van der Waals surface area contributed by atoms with Gasteiger partial charge in [-0.1, -0.05) is 30.3 Å². The van der Waals surface area contributed by atoms with Gasteiger partial charge < -0.3 is 10.2 Å². The minimum absolute atomic E-state index is 0.0766. The number of ketones is 1. The summed E-state index contributed by atoms with van der Waals surface area (Å²) in [6, 6.07) is 10.7. The summed E-state index contributed by atoms with van der Waals surface area (Å²) in [5, 5.41) is 19.0. The predicted octanol–water partition coefficient (Wildman–Crippen LogP) is 2.28. The number of halogens is 2. The molecule has 0 fully saturated rings. The van der Waals surface area contributed by atoms with Crippen molar-refractivity contribution in [2.75, 3.05) is 6.61 Å². The fraction of sp³-hybridized carbons (Fsp3) is 0.188. The van der Waals surface area contributed by atoms with E-state index in [9.17, 15) is 18.7 Å². The molecule has 2 aromatic carbocycles. The second kappa shape index (κ2) is 6.56. The molecule has 0 aromatic heterocycles. The number of hydrogen-bond donors (Lipinski definition) is 2. The maximum Gasteiger partial charge on any atom is 0.176 e. The van der Waals surface area contributed by atoms with Crippen molar-refractivity contribution in [1.82, 2.24) is 0 Å². The van der Waals surface area contributed by atoms with Crippen LogP contribution in [-0.4, -0.2) is 28.7 Å². The molecule has 2 atom stereocenters. The summed E-state index contributed by atoms with van der Waals surface area (Å²) >= 11 is 0. The zero-order valence-electron chi connectivity index (χ0n) is 11.0. The smallest absolute Gasteiger partial charge is 0.176 e. The second-order valence-corrected chi connectivity index (χ2v) is 4.59. The lowest BCUT2D eigenvalue weighted by atomic mass is 9.86. The Hall–Kier alpha value is -2.11. The van der Waals surface area contributed by atoms with Gasteiger partial charge >= 0.3 is 0 Å². The Bertz CT molecular complexity index is 643. The highest BCUT2D eigenvalue weighted by Crippen LogP contribution is 2.27. The number of carbonyl (C=O) groups is 1. The van der Waals surface area contributed by atoms with Crippen LogP contribution in [0.15, 0.2) is 48.5 Å². The quantitative estimate of drug-likeness (QED) is 0.831. The van der Waals surface area contributed by atoms with Gasteiger partial charge in [0.25, 0.3) is 0 Å². The molecular formula is C16H14F2O3. The lowest BCUT2D eigenvalue weighted by Gasteiger charge is -2.21. The Morgan fingerprint density at radius 1 is 1.00 bits per heavy atom. The van der Waals surface area contributed by atoms with E-state index in [4.69, 9.17) is 5.11 Å². The van der Waals surface area contributed by atoms with E-state index in [0.717, 1.165) is 12.1 Å². The number of benzene rings is 2. The van der Waals surface area contributed by atoms with Gasteiger partial charge in [-0.2, -0.15) is 0 Å². The van der Waals surface area contributed by atoms with E-state index >= 15 is 0 Å². The molecule has 0 heterocycles. The van der Waals surface area contributed by atoms with Gasteiger partial charge in [-0.25, -0.2) is 8.78 Å². The largest absolute Gasteiger partial charge is 0.394 e. The predicted molar refractivity (Wildman–Crippen MR) is 73.0 cm³/mol. The zero-order chi connectivity index (χ0) is 15.4. The number of Topliss-reactive ketones (excluding diaryl/α,β-unsaturated/α-hetero) is 1. The third-order valence-corrected chi connectivity index (χ3v) is 3.23. The van der Waals surface area contributed by atoms with Gasteiger partial charge in [-0.3, -0.25) is 4.79 Å². The van der Waals surface area contributed by atoms with Crippen LogP contribution in [0.25, 0.3) is 0 Å². The normalized spacial score (nSPS) is 13.7. The Morgan fingerprint density at radius 2 is 1.57 bits per heavy atom. The van der Waals surface area contributed by atoms with Crippen LogP contribution < -0.4 is 0 Å². The zero-order valence-corrected chi connectivity index (χ0v) is 11.0. The van der Waals surface area contributed by atoms with Crippen LogP contribution in [0.5, 0.6) is 0 Å². The first-order valence-electron chi connectivity index (χ1n) is 6.38. The molecular weight excluding hydrogens is 278 g/mol. The molecule has 0 saturated heterocycles. The summed E-state index contributed by atoms with van der Waals surface area (Å²) in [5.74, 6) is -3.60. The van der Waals surface area contributed by atoms with Crippen LogP contribution in [-0.2, 0) is 0 Å². The highest BCUT2D eigenvalue weighted by Gasteiger charge is 2.32. The number of hydrogen-bond acceptors (Lipinski definition) is 3. The number of carbonyl (C=O) groups excluding carboxylic acids is 1. The third kappa shape index (κ3) is 3.15.